The average molecular weight is 220 g/mol. The minimum atomic E-state index is 0. The Balaban J connectivity index is 0.00000144. The van der Waals surface area contributed by atoms with Crippen molar-refractivity contribution in [1.82, 2.24) is 0 Å². The molecule has 0 amide bonds. The van der Waals surface area contributed by atoms with Gasteiger partial charge in [-0.05, 0) is 12.3 Å². The van der Waals surface area contributed by atoms with Crippen LogP contribution in [0.2, 0.25) is 0 Å². The Morgan fingerprint density at radius 3 is 2.69 bits per heavy atom. The Kier molecular flexibility index (Phi) is 6.86. The number of thioether (sulfide) groups is 1. The second-order valence-electron chi connectivity index (χ2n) is 2.40. The molecule has 4 heteroatoms. The highest BCUT2D eigenvalue weighted by Gasteiger charge is 2.02. The standard InChI is InChI=1S/C9H13NOS.ClH/c1-11-9-6-4-3-5-8(9)10-7-12-2;/h3-6,10H,7H2,1-2H3;1H. The molecule has 74 valence electrons. The van der Waals surface area contributed by atoms with Crippen LogP contribution in [0.3, 0.4) is 0 Å². The summed E-state index contributed by atoms with van der Waals surface area (Å²) < 4.78 is 5.20. The topological polar surface area (TPSA) is 25.8 Å². The molecule has 0 heterocycles. The summed E-state index contributed by atoms with van der Waals surface area (Å²) >= 11 is 1.80. The van der Waals surface area contributed by atoms with Gasteiger partial charge in [0.1, 0.15) is 5.88 Å². The van der Waals surface area contributed by atoms with Gasteiger partial charge in [0.05, 0.1) is 7.11 Å². The first kappa shape index (κ1) is 12.6. The first-order valence-corrected chi connectivity index (χ1v) is 5.23. The van der Waals surface area contributed by atoms with E-state index in [1.807, 2.05) is 18.2 Å². The number of methoxy groups -OCH3 is 1. The summed E-state index contributed by atoms with van der Waals surface area (Å²) in [7, 11) is 1.70. The number of ether oxygens (including phenoxy) is 1. The van der Waals surface area contributed by atoms with Crippen molar-refractivity contribution in [3.05, 3.63) is 24.3 Å². The normalized spacial score (nSPS) is 9.08. The molecule has 0 aliphatic heterocycles. The van der Waals surface area contributed by atoms with Gasteiger partial charge < -0.3 is 22.5 Å². The van der Waals surface area contributed by atoms with Gasteiger partial charge in [-0.2, -0.15) is 0 Å². The second-order valence-corrected chi connectivity index (χ2v) is 3.31. The van der Waals surface area contributed by atoms with Crippen LogP contribution in [-0.2, 0) is 0 Å². The fourth-order valence-corrected chi connectivity index (χ4v) is 1.35. The van der Waals surface area contributed by atoms with Crippen LogP contribution in [0.1, 0.15) is 0 Å². The molecule has 0 bridgehead atoms. The zero-order chi connectivity index (χ0) is 8.81. The SMILES string of the molecule is COc1ccccc1[NH2+]CSC.[Cl-]. The number of hydrogen-bond donors (Lipinski definition) is 1. The summed E-state index contributed by atoms with van der Waals surface area (Å²) in [5.41, 5.74) is 1.18. The van der Waals surface area contributed by atoms with Gasteiger partial charge in [-0.25, -0.2) is 0 Å². The van der Waals surface area contributed by atoms with Gasteiger partial charge >= 0.3 is 0 Å². The number of halogens is 1. The van der Waals surface area contributed by atoms with E-state index in [1.54, 1.807) is 18.9 Å². The third-order valence-corrected chi connectivity index (χ3v) is 2.11. The van der Waals surface area contributed by atoms with Gasteiger partial charge in [-0.1, -0.05) is 12.1 Å². The third-order valence-electron chi connectivity index (χ3n) is 1.61. The van der Waals surface area contributed by atoms with E-state index in [0.29, 0.717) is 0 Å². The van der Waals surface area contributed by atoms with Crippen LogP contribution in [0.5, 0.6) is 5.75 Å². The van der Waals surface area contributed by atoms with Gasteiger partial charge in [0.15, 0.2) is 11.4 Å². The molecular formula is C9H14ClNOS. The highest BCUT2D eigenvalue weighted by atomic mass is 35.5. The van der Waals surface area contributed by atoms with Gasteiger partial charge in [0.25, 0.3) is 0 Å². The summed E-state index contributed by atoms with van der Waals surface area (Å²) in [5.74, 6) is 1.98. The van der Waals surface area contributed by atoms with Crippen LogP contribution < -0.4 is 22.5 Å². The first-order chi connectivity index (χ1) is 5.88. The summed E-state index contributed by atoms with van der Waals surface area (Å²) in [6.07, 6.45) is 2.09. The minimum Gasteiger partial charge on any atom is -1.00 e. The molecule has 2 nitrogen and oxygen atoms in total. The van der Waals surface area contributed by atoms with Crippen molar-refractivity contribution in [2.24, 2.45) is 0 Å². The minimum absolute atomic E-state index is 0. The molecule has 1 aromatic carbocycles. The summed E-state index contributed by atoms with van der Waals surface area (Å²) in [6, 6.07) is 8.05. The average Bonchev–Trinajstić information content (AvgIpc) is 2.15. The number of para-hydroxylation sites is 2. The molecule has 0 atom stereocenters. The number of rotatable bonds is 4. The fraction of sp³-hybridized carbons (Fsp3) is 0.333. The fourth-order valence-electron chi connectivity index (χ4n) is 1.01. The van der Waals surface area contributed by atoms with Crippen molar-refractivity contribution in [3.63, 3.8) is 0 Å². The lowest BCUT2D eigenvalue weighted by Gasteiger charge is -2.04. The van der Waals surface area contributed by atoms with E-state index in [1.165, 1.54) is 5.69 Å². The highest BCUT2D eigenvalue weighted by Crippen LogP contribution is 2.17. The maximum Gasteiger partial charge on any atom is 0.179 e. The van der Waals surface area contributed by atoms with Gasteiger partial charge in [0.2, 0.25) is 0 Å². The maximum atomic E-state index is 5.20. The summed E-state index contributed by atoms with van der Waals surface area (Å²) in [4.78, 5) is 0. The monoisotopic (exact) mass is 219 g/mol. The zero-order valence-electron chi connectivity index (χ0n) is 7.79. The van der Waals surface area contributed by atoms with E-state index in [0.717, 1.165) is 11.6 Å². The van der Waals surface area contributed by atoms with Crippen molar-refractivity contribution in [1.29, 1.82) is 0 Å². The molecule has 0 fully saturated rings. The van der Waals surface area contributed by atoms with Crippen molar-refractivity contribution in [3.8, 4) is 5.75 Å². The van der Waals surface area contributed by atoms with E-state index in [4.69, 9.17) is 4.74 Å². The Morgan fingerprint density at radius 1 is 1.38 bits per heavy atom. The summed E-state index contributed by atoms with van der Waals surface area (Å²) in [6.45, 7) is 0. The van der Waals surface area contributed by atoms with Crippen molar-refractivity contribution >= 4 is 17.4 Å². The van der Waals surface area contributed by atoms with Crippen LogP contribution in [-0.4, -0.2) is 19.2 Å². The molecule has 13 heavy (non-hydrogen) atoms. The van der Waals surface area contributed by atoms with Crippen LogP contribution in [0.4, 0.5) is 5.69 Å². The molecule has 1 aromatic rings. The van der Waals surface area contributed by atoms with Gasteiger partial charge in [-0.15, -0.1) is 11.8 Å². The molecule has 0 aliphatic carbocycles. The first-order valence-electron chi connectivity index (χ1n) is 3.83. The molecule has 0 radical (unpaired) electrons. The molecule has 0 saturated heterocycles. The smallest absolute Gasteiger partial charge is 0.179 e. The number of quaternary nitrogens is 1. The third kappa shape index (κ3) is 3.89. The van der Waals surface area contributed by atoms with Crippen molar-refractivity contribution < 1.29 is 22.5 Å². The molecule has 2 N–H and O–H groups in total. The van der Waals surface area contributed by atoms with Crippen molar-refractivity contribution in [2.45, 2.75) is 0 Å². The number of nitrogens with two attached hydrogens (primary N) is 1. The molecule has 1 rings (SSSR count). The van der Waals surface area contributed by atoms with Gasteiger partial charge in [-0.3, -0.25) is 0 Å². The van der Waals surface area contributed by atoms with E-state index in [9.17, 15) is 0 Å². The molecular weight excluding hydrogens is 206 g/mol. The Bertz CT molecular complexity index is 245. The van der Waals surface area contributed by atoms with Gasteiger partial charge in [0, 0.05) is 6.07 Å². The van der Waals surface area contributed by atoms with Crippen LogP contribution in [0.25, 0.3) is 0 Å². The maximum absolute atomic E-state index is 5.20. The van der Waals surface area contributed by atoms with Crippen LogP contribution in [0, 0.1) is 0 Å². The van der Waals surface area contributed by atoms with E-state index < -0.39 is 0 Å². The van der Waals surface area contributed by atoms with E-state index >= 15 is 0 Å². The second kappa shape index (κ2) is 7.06. The molecule has 0 spiro atoms. The molecule has 0 saturated carbocycles. The Hall–Kier alpha value is -0.380. The quantitative estimate of drug-likeness (QED) is 0.479. The lowest BCUT2D eigenvalue weighted by molar-refractivity contribution is -0.550. The Morgan fingerprint density at radius 2 is 2.08 bits per heavy atom. The molecule has 0 aromatic heterocycles. The lowest BCUT2D eigenvalue weighted by Crippen LogP contribution is -3.00. The Labute approximate surface area is 89.5 Å². The van der Waals surface area contributed by atoms with E-state index in [-0.39, 0.29) is 12.4 Å². The largest absolute Gasteiger partial charge is 1.00 e. The predicted octanol–water partition coefficient (Wildman–Crippen LogP) is -1.79. The summed E-state index contributed by atoms with van der Waals surface area (Å²) in [5, 5.41) is 2.17. The number of benzene rings is 1. The lowest BCUT2D eigenvalue weighted by atomic mass is 10.3. The van der Waals surface area contributed by atoms with Crippen molar-refractivity contribution in [2.75, 3.05) is 19.2 Å². The zero-order valence-corrected chi connectivity index (χ0v) is 9.36. The highest BCUT2D eigenvalue weighted by molar-refractivity contribution is 7.98. The number of hydrogen-bond acceptors (Lipinski definition) is 2. The predicted molar refractivity (Wildman–Crippen MR) is 53.0 cm³/mol. The van der Waals surface area contributed by atoms with Crippen LogP contribution in [0.15, 0.2) is 24.3 Å². The van der Waals surface area contributed by atoms with E-state index in [2.05, 4.69) is 17.6 Å². The molecule has 0 aliphatic rings. The van der Waals surface area contributed by atoms with Crippen LogP contribution >= 0.6 is 11.8 Å². The molecule has 0 unspecified atom stereocenters.